The molecule has 4 rings (SSSR count). The van der Waals surface area contributed by atoms with E-state index >= 15 is 0 Å². The van der Waals surface area contributed by atoms with Gasteiger partial charge in [-0.1, -0.05) is 36.4 Å². The van der Waals surface area contributed by atoms with Gasteiger partial charge in [-0.3, -0.25) is 0 Å². The van der Waals surface area contributed by atoms with Crippen LogP contribution in [0.3, 0.4) is 0 Å². The number of carbonyl (C=O) groups excluding carboxylic acids is 1. The number of rotatable bonds is 8. The summed E-state index contributed by atoms with van der Waals surface area (Å²) in [5, 5.41) is 59.6. The van der Waals surface area contributed by atoms with Crippen molar-refractivity contribution < 1.29 is 49.6 Å². The molecule has 0 bridgehead atoms. The average Bonchev–Trinajstić information content (AvgIpc) is 2.92. The Morgan fingerprint density at radius 1 is 0.769 bits per heavy atom. The molecule has 1 aliphatic heterocycles. The Labute approximate surface area is 223 Å². The SMILES string of the molecule is O=C(/C=C/c1ccc(O)cc1)O[C@H]1[C@H](Oc2cc(O)cc(/C=C/c3ccc(O)cc3)c2)O[C@H](CO)[C@@H](O)[C@H]1O. The topological polar surface area (TPSA) is 166 Å². The lowest BCUT2D eigenvalue weighted by Gasteiger charge is -2.41. The minimum Gasteiger partial charge on any atom is -0.508 e. The van der Waals surface area contributed by atoms with Gasteiger partial charge in [0.25, 0.3) is 0 Å². The first-order chi connectivity index (χ1) is 18.7. The number of benzene rings is 3. The number of hydrogen-bond donors (Lipinski definition) is 6. The summed E-state index contributed by atoms with van der Waals surface area (Å²) in [5.41, 5.74) is 1.94. The molecular formula is C29H28O10. The zero-order valence-corrected chi connectivity index (χ0v) is 20.6. The summed E-state index contributed by atoms with van der Waals surface area (Å²) in [5.74, 6) is -0.708. The Morgan fingerprint density at radius 2 is 1.36 bits per heavy atom. The molecule has 3 aromatic carbocycles. The van der Waals surface area contributed by atoms with E-state index in [4.69, 9.17) is 14.2 Å². The highest BCUT2D eigenvalue weighted by Crippen LogP contribution is 2.30. The van der Waals surface area contributed by atoms with Crippen LogP contribution in [0.2, 0.25) is 0 Å². The van der Waals surface area contributed by atoms with Crippen LogP contribution in [0, 0.1) is 0 Å². The smallest absolute Gasteiger partial charge is 0.331 e. The van der Waals surface area contributed by atoms with E-state index in [1.165, 1.54) is 42.5 Å². The Hall–Kier alpha value is -4.35. The molecule has 204 valence electrons. The van der Waals surface area contributed by atoms with Gasteiger partial charge in [-0.05, 0) is 59.2 Å². The van der Waals surface area contributed by atoms with Crippen molar-refractivity contribution in [3.05, 3.63) is 89.5 Å². The third-order valence-corrected chi connectivity index (χ3v) is 5.91. The second-order valence-corrected chi connectivity index (χ2v) is 8.84. The van der Waals surface area contributed by atoms with Crippen molar-refractivity contribution in [1.82, 2.24) is 0 Å². The highest BCUT2D eigenvalue weighted by Gasteiger charge is 2.47. The summed E-state index contributed by atoms with van der Waals surface area (Å²) in [6.45, 7) is -0.639. The van der Waals surface area contributed by atoms with E-state index in [1.807, 2.05) is 0 Å². The van der Waals surface area contributed by atoms with Crippen LogP contribution >= 0.6 is 0 Å². The second-order valence-electron chi connectivity index (χ2n) is 8.84. The number of aliphatic hydroxyl groups excluding tert-OH is 3. The predicted molar refractivity (Wildman–Crippen MR) is 141 cm³/mol. The molecule has 1 fully saturated rings. The molecule has 5 atom stereocenters. The number of ether oxygens (including phenoxy) is 3. The average molecular weight is 537 g/mol. The van der Waals surface area contributed by atoms with Crippen molar-refractivity contribution in [2.24, 2.45) is 0 Å². The number of aliphatic hydroxyl groups is 3. The third-order valence-electron chi connectivity index (χ3n) is 5.91. The molecule has 39 heavy (non-hydrogen) atoms. The quantitative estimate of drug-likeness (QED) is 0.143. The fourth-order valence-electron chi connectivity index (χ4n) is 3.88. The maximum atomic E-state index is 12.5. The van der Waals surface area contributed by atoms with Crippen LogP contribution < -0.4 is 4.74 Å². The van der Waals surface area contributed by atoms with Crippen LogP contribution in [0.15, 0.2) is 72.8 Å². The van der Waals surface area contributed by atoms with E-state index in [0.29, 0.717) is 11.1 Å². The van der Waals surface area contributed by atoms with Gasteiger partial charge in [0.1, 0.15) is 41.3 Å². The lowest BCUT2D eigenvalue weighted by molar-refractivity contribution is -0.281. The fourth-order valence-corrected chi connectivity index (χ4v) is 3.88. The molecule has 0 spiro atoms. The number of aromatic hydroxyl groups is 3. The number of carbonyl (C=O) groups is 1. The largest absolute Gasteiger partial charge is 0.508 e. The number of hydrogen-bond acceptors (Lipinski definition) is 10. The van der Waals surface area contributed by atoms with Crippen LogP contribution in [-0.4, -0.2) is 73.9 Å². The summed E-state index contributed by atoms with van der Waals surface area (Å²) < 4.78 is 16.8. The zero-order valence-electron chi connectivity index (χ0n) is 20.6. The van der Waals surface area contributed by atoms with Crippen LogP contribution in [0.1, 0.15) is 16.7 Å². The summed E-state index contributed by atoms with van der Waals surface area (Å²) in [4.78, 5) is 12.5. The molecule has 0 radical (unpaired) electrons. The number of phenols is 3. The van der Waals surface area contributed by atoms with Crippen molar-refractivity contribution in [2.45, 2.75) is 30.7 Å². The van der Waals surface area contributed by atoms with Crippen LogP contribution in [0.25, 0.3) is 18.2 Å². The standard InChI is InChI=1S/C29H28O10/c30-16-24-26(35)27(36)28(39-25(34)12-7-18-5-10-21(32)11-6-18)29(38-24)37-23-14-19(13-22(33)15-23)2-1-17-3-8-20(31)9-4-17/h1-15,24,26-33,35-36H,16H2/b2-1+,12-7+/t24-,26-,27-,28-,29-/m1/s1. The molecule has 1 saturated heterocycles. The summed E-state index contributed by atoms with van der Waals surface area (Å²) >= 11 is 0. The van der Waals surface area contributed by atoms with Gasteiger partial charge in [0.2, 0.25) is 6.29 Å². The van der Waals surface area contributed by atoms with Gasteiger partial charge in [0.15, 0.2) is 6.10 Å². The van der Waals surface area contributed by atoms with Crippen LogP contribution in [0.5, 0.6) is 23.0 Å². The van der Waals surface area contributed by atoms with E-state index in [-0.39, 0.29) is 23.0 Å². The normalized spacial score (nSPS) is 23.2. The van der Waals surface area contributed by atoms with Gasteiger partial charge in [0, 0.05) is 12.1 Å². The van der Waals surface area contributed by atoms with E-state index in [1.54, 1.807) is 42.5 Å². The van der Waals surface area contributed by atoms with E-state index in [0.717, 1.165) is 11.6 Å². The summed E-state index contributed by atoms with van der Waals surface area (Å²) in [6.07, 6.45) is -1.40. The predicted octanol–water partition coefficient (Wildman–Crippen LogP) is 2.42. The van der Waals surface area contributed by atoms with Crippen molar-refractivity contribution in [3.63, 3.8) is 0 Å². The van der Waals surface area contributed by atoms with Gasteiger partial charge in [-0.25, -0.2) is 4.79 Å². The summed E-state index contributed by atoms with van der Waals surface area (Å²) in [7, 11) is 0. The number of esters is 1. The second kappa shape index (κ2) is 12.5. The minimum atomic E-state index is -1.65. The van der Waals surface area contributed by atoms with Crippen molar-refractivity contribution in [2.75, 3.05) is 6.61 Å². The van der Waals surface area contributed by atoms with Gasteiger partial charge in [-0.2, -0.15) is 0 Å². The van der Waals surface area contributed by atoms with Crippen molar-refractivity contribution in [1.29, 1.82) is 0 Å². The molecule has 1 heterocycles. The molecule has 0 amide bonds. The van der Waals surface area contributed by atoms with Crippen LogP contribution in [-0.2, 0) is 14.3 Å². The molecule has 0 aromatic heterocycles. The Morgan fingerprint density at radius 3 is 1.97 bits per heavy atom. The Balaban J connectivity index is 1.52. The van der Waals surface area contributed by atoms with Gasteiger partial charge in [-0.15, -0.1) is 0 Å². The highest BCUT2D eigenvalue weighted by atomic mass is 16.7. The van der Waals surface area contributed by atoms with Crippen LogP contribution in [0.4, 0.5) is 0 Å². The van der Waals surface area contributed by atoms with E-state index in [2.05, 4.69) is 0 Å². The molecule has 0 saturated carbocycles. The molecule has 0 unspecified atom stereocenters. The van der Waals surface area contributed by atoms with Gasteiger partial charge in [0.05, 0.1) is 6.61 Å². The minimum absolute atomic E-state index is 0.0653. The maximum Gasteiger partial charge on any atom is 0.331 e. The monoisotopic (exact) mass is 536 g/mol. The van der Waals surface area contributed by atoms with Gasteiger partial charge < -0.3 is 44.8 Å². The highest BCUT2D eigenvalue weighted by molar-refractivity contribution is 5.87. The maximum absolute atomic E-state index is 12.5. The Bertz CT molecular complexity index is 1320. The lowest BCUT2D eigenvalue weighted by atomic mass is 9.99. The molecule has 3 aromatic rings. The first-order valence-corrected chi connectivity index (χ1v) is 12.0. The molecule has 10 heteroatoms. The third kappa shape index (κ3) is 7.37. The number of phenolic OH excluding ortho intramolecular Hbond substituents is 3. The van der Waals surface area contributed by atoms with E-state index in [9.17, 15) is 35.4 Å². The first-order valence-electron chi connectivity index (χ1n) is 12.0. The molecule has 1 aliphatic rings. The van der Waals surface area contributed by atoms with Crippen molar-refractivity contribution in [3.8, 4) is 23.0 Å². The fraction of sp³-hybridized carbons (Fsp3) is 0.207. The van der Waals surface area contributed by atoms with Gasteiger partial charge >= 0.3 is 5.97 Å². The Kier molecular flexibility index (Phi) is 8.84. The molecule has 6 N–H and O–H groups in total. The molecule has 10 nitrogen and oxygen atoms in total. The molecule has 0 aliphatic carbocycles. The van der Waals surface area contributed by atoms with Crippen molar-refractivity contribution >= 4 is 24.2 Å². The first kappa shape index (κ1) is 27.7. The zero-order chi connectivity index (χ0) is 27.9. The summed E-state index contributed by atoms with van der Waals surface area (Å²) in [6, 6.07) is 16.9. The van der Waals surface area contributed by atoms with E-state index < -0.39 is 43.3 Å². The lowest BCUT2D eigenvalue weighted by Crippen LogP contribution is -2.61. The molecular weight excluding hydrogens is 508 g/mol.